The molecule has 0 aliphatic carbocycles. The van der Waals surface area contributed by atoms with Gasteiger partial charge >= 0.3 is 0 Å². The van der Waals surface area contributed by atoms with Gasteiger partial charge in [-0.25, -0.2) is 0 Å². The van der Waals surface area contributed by atoms with Crippen molar-refractivity contribution < 1.29 is 14.2 Å². The fourth-order valence-electron chi connectivity index (χ4n) is 2.81. The van der Waals surface area contributed by atoms with Crippen LogP contribution in [0.1, 0.15) is 18.5 Å². The summed E-state index contributed by atoms with van der Waals surface area (Å²) < 4.78 is 16.4. The van der Waals surface area contributed by atoms with Crippen LogP contribution in [0.3, 0.4) is 0 Å². The lowest BCUT2D eigenvalue weighted by Gasteiger charge is -2.33. The summed E-state index contributed by atoms with van der Waals surface area (Å²) >= 11 is 0. The molecular weight excluding hydrogens is 256 g/mol. The molecule has 0 amide bonds. The minimum absolute atomic E-state index is 0.287. The largest absolute Gasteiger partial charge is 0.454 e. The summed E-state index contributed by atoms with van der Waals surface area (Å²) in [6.45, 7) is 6.23. The molecule has 1 aromatic rings. The van der Waals surface area contributed by atoms with Gasteiger partial charge in [-0.05, 0) is 31.7 Å². The second kappa shape index (κ2) is 5.99. The van der Waals surface area contributed by atoms with Crippen molar-refractivity contribution in [3.63, 3.8) is 0 Å². The van der Waals surface area contributed by atoms with E-state index in [1.165, 1.54) is 5.56 Å². The first kappa shape index (κ1) is 13.7. The zero-order valence-corrected chi connectivity index (χ0v) is 12.1. The van der Waals surface area contributed by atoms with Crippen LogP contribution in [-0.4, -0.2) is 51.1 Å². The Balaban J connectivity index is 1.69. The van der Waals surface area contributed by atoms with Crippen LogP contribution in [0.5, 0.6) is 11.5 Å². The van der Waals surface area contributed by atoms with Crippen molar-refractivity contribution in [1.29, 1.82) is 0 Å². The van der Waals surface area contributed by atoms with Gasteiger partial charge in [0, 0.05) is 25.7 Å². The lowest BCUT2D eigenvalue weighted by Crippen LogP contribution is -2.44. The highest BCUT2D eigenvalue weighted by Gasteiger charge is 2.22. The number of hydrogen-bond acceptors (Lipinski definition) is 5. The van der Waals surface area contributed by atoms with Crippen LogP contribution in [0.15, 0.2) is 18.2 Å². The Morgan fingerprint density at radius 3 is 3.00 bits per heavy atom. The minimum atomic E-state index is 0.287. The van der Waals surface area contributed by atoms with Gasteiger partial charge in [0.25, 0.3) is 0 Å². The quantitative estimate of drug-likeness (QED) is 0.902. The minimum Gasteiger partial charge on any atom is -0.454 e. The van der Waals surface area contributed by atoms with Crippen LogP contribution in [0, 0.1) is 0 Å². The van der Waals surface area contributed by atoms with E-state index < -0.39 is 0 Å². The fraction of sp³-hybridized carbons (Fsp3) is 0.600. The summed E-state index contributed by atoms with van der Waals surface area (Å²) in [5, 5.41) is 3.39. The molecule has 0 spiro atoms. The van der Waals surface area contributed by atoms with Crippen LogP contribution in [-0.2, 0) is 4.74 Å². The first-order chi connectivity index (χ1) is 9.76. The molecule has 3 rings (SSSR count). The van der Waals surface area contributed by atoms with Crippen molar-refractivity contribution in [2.75, 3.05) is 40.1 Å². The van der Waals surface area contributed by atoms with E-state index in [1.54, 1.807) is 0 Å². The molecule has 1 N–H and O–H groups in total. The zero-order chi connectivity index (χ0) is 13.9. The summed E-state index contributed by atoms with van der Waals surface area (Å²) in [7, 11) is 2.00. The average molecular weight is 278 g/mol. The third kappa shape index (κ3) is 2.90. The van der Waals surface area contributed by atoms with Gasteiger partial charge in [0.2, 0.25) is 6.79 Å². The van der Waals surface area contributed by atoms with Gasteiger partial charge in [-0.3, -0.25) is 4.90 Å². The number of hydrogen-bond donors (Lipinski definition) is 1. The van der Waals surface area contributed by atoms with Crippen molar-refractivity contribution >= 4 is 0 Å². The average Bonchev–Trinajstić information content (AvgIpc) is 2.92. The summed E-state index contributed by atoms with van der Waals surface area (Å²) in [5.41, 5.74) is 1.23. The van der Waals surface area contributed by atoms with Crippen molar-refractivity contribution in [1.82, 2.24) is 10.2 Å². The molecule has 0 saturated carbocycles. The van der Waals surface area contributed by atoms with Gasteiger partial charge in [0.15, 0.2) is 11.5 Å². The Bertz CT molecular complexity index is 466. The molecule has 0 radical (unpaired) electrons. The van der Waals surface area contributed by atoms with E-state index in [1.807, 2.05) is 13.1 Å². The van der Waals surface area contributed by atoms with E-state index in [4.69, 9.17) is 14.2 Å². The molecule has 0 aromatic heterocycles. The first-order valence-electron chi connectivity index (χ1n) is 7.17. The molecule has 2 heterocycles. The molecule has 2 unspecified atom stereocenters. The topological polar surface area (TPSA) is 43.0 Å². The highest BCUT2D eigenvalue weighted by molar-refractivity contribution is 5.45. The molecule has 2 atom stereocenters. The summed E-state index contributed by atoms with van der Waals surface area (Å²) in [4.78, 5) is 2.44. The molecule has 5 heteroatoms. The van der Waals surface area contributed by atoms with Crippen LogP contribution in [0.4, 0.5) is 0 Å². The van der Waals surface area contributed by atoms with Gasteiger partial charge in [0.1, 0.15) is 0 Å². The number of morpholine rings is 1. The number of nitrogens with zero attached hydrogens (tertiary/aromatic N) is 1. The first-order valence-corrected chi connectivity index (χ1v) is 7.17. The van der Waals surface area contributed by atoms with E-state index in [0.29, 0.717) is 12.9 Å². The molecule has 0 bridgehead atoms. The smallest absolute Gasteiger partial charge is 0.231 e. The van der Waals surface area contributed by atoms with Crippen LogP contribution in [0.25, 0.3) is 0 Å². The lowest BCUT2D eigenvalue weighted by molar-refractivity contribution is -0.0208. The Hall–Kier alpha value is -1.30. The number of rotatable bonds is 4. The number of fused-ring (bicyclic) bond motifs is 1. The molecule has 1 fully saturated rings. The number of benzene rings is 1. The van der Waals surface area contributed by atoms with E-state index in [9.17, 15) is 0 Å². The molecule has 110 valence electrons. The normalized spacial score (nSPS) is 23.8. The Morgan fingerprint density at radius 1 is 1.35 bits per heavy atom. The van der Waals surface area contributed by atoms with Gasteiger partial charge in [-0.1, -0.05) is 6.07 Å². The van der Waals surface area contributed by atoms with Crippen molar-refractivity contribution in [2.45, 2.75) is 19.1 Å². The van der Waals surface area contributed by atoms with Crippen LogP contribution < -0.4 is 14.8 Å². The van der Waals surface area contributed by atoms with E-state index in [0.717, 1.165) is 37.7 Å². The SMILES string of the molecule is CNC(CN1CCOC(C)C1)c1ccc2c(c1)OCO2. The standard InChI is InChI=1S/C15H22N2O3/c1-11-8-17(5-6-18-11)9-13(16-2)12-3-4-14-15(7-12)20-10-19-14/h3-4,7,11,13,16H,5-6,8-10H2,1-2H3. The van der Waals surface area contributed by atoms with Gasteiger partial charge < -0.3 is 19.5 Å². The number of nitrogens with one attached hydrogen (secondary N) is 1. The second-order valence-corrected chi connectivity index (χ2v) is 5.39. The van der Waals surface area contributed by atoms with Gasteiger partial charge in [0.05, 0.1) is 12.7 Å². The monoisotopic (exact) mass is 278 g/mol. The maximum Gasteiger partial charge on any atom is 0.231 e. The van der Waals surface area contributed by atoms with Crippen molar-refractivity contribution in [3.05, 3.63) is 23.8 Å². The van der Waals surface area contributed by atoms with Crippen molar-refractivity contribution in [2.24, 2.45) is 0 Å². The Kier molecular flexibility index (Phi) is 4.10. The Labute approximate surface area is 119 Å². The van der Waals surface area contributed by atoms with Crippen LogP contribution in [0.2, 0.25) is 0 Å². The van der Waals surface area contributed by atoms with Gasteiger partial charge in [-0.15, -0.1) is 0 Å². The van der Waals surface area contributed by atoms with E-state index in [2.05, 4.69) is 29.3 Å². The number of likely N-dealkylation sites (N-methyl/N-ethyl adjacent to an activating group) is 1. The predicted molar refractivity (Wildman–Crippen MR) is 76.2 cm³/mol. The third-order valence-corrected chi connectivity index (χ3v) is 3.91. The second-order valence-electron chi connectivity index (χ2n) is 5.39. The predicted octanol–water partition coefficient (Wildman–Crippen LogP) is 1.40. The Morgan fingerprint density at radius 2 is 2.20 bits per heavy atom. The molecule has 5 nitrogen and oxygen atoms in total. The van der Waals surface area contributed by atoms with E-state index in [-0.39, 0.29) is 6.04 Å². The molecule has 1 aromatic carbocycles. The molecular formula is C15H22N2O3. The molecule has 2 aliphatic heterocycles. The van der Waals surface area contributed by atoms with E-state index >= 15 is 0 Å². The van der Waals surface area contributed by atoms with Crippen LogP contribution >= 0.6 is 0 Å². The zero-order valence-electron chi connectivity index (χ0n) is 12.1. The third-order valence-electron chi connectivity index (χ3n) is 3.91. The van der Waals surface area contributed by atoms with Gasteiger partial charge in [-0.2, -0.15) is 0 Å². The number of ether oxygens (including phenoxy) is 3. The lowest BCUT2D eigenvalue weighted by atomic mass is 10.1. The highest BCUT2D eigenvalue weighted by Crippen LogP contribution is 2.34. The summed E-state index contributed by atoms with van der Waals surface area (Å²) in [6, 6.07) is 6.46. The van der Waals surface area contributed by atoms with Crippen molar-refractivity contribution in [3.8, 4) is 11.5 Å². The maximum atomic E-state index is 5.59. The molecule has 2 aliphatic rings. The summed E-state index contributed by atoms with van der Waals surface area (Å²) in [5.74, 6) is 1.68. The fourth-order valence-corrected chi connectivity index (χ4v) is 2.81. The maximum absolute atomic E-state index is 5.59. The molecule has 1 saturated heterocycles. The summed E-state index contributed by atoms with van der Waals surface area (Å²) in [6.07, 6.45) is 0.318. The molecule has 20 heavy (non-hydrogen) atoms. The highest BCUT2D eigenvalue weighted by atomic mass is 16.7.